The fraction of sp³-hybridized carbons (Fsp3) is 0.211. The predicted octanol–water partition coefficient (Wildman–Crippen LogP) is 3.22. The number of benzene rings is 1. The third-order valence-corrected chi connectivity index (χ3v) is 3.84. The Morgan fingerprint density at radius 2 is 1.92 bits per heavy atom. The monoisotopic (exact) mass is 320 g/mol. The topological polar surface area (TPSA) is 70.7 Å². The van der Waals surface area contributed by atoms with Crippen LogP contribution in [0.5, 0.6) is 0 Å². The summed E-state index contributed by atoms with van der Waals surface area (Å²) in [4.78, 5) is 16.5. The second-order valence-corrected chi connectivity index (χ2v) is 5.78. The summed E-state index contributed by atoms with van der Waals surface area (Å²) in [6.45, 7) is 2.01. The second kappa shape index (κ2) is 7.55. The minimum Gasteiger partial charge on any atom is -0.348 e. The molecular formula is C19H20N4O. The molecule has 0 saturated carbocycles. The lowest BCUT2D eigenvalue weighted by Crippen LogP contribution is -2.33. The first-order valence-electron chi connectivity index (χ1n) is 8.04. The van der Waals surface area contributed by atoms with Crippen LogP contribution < -0.4 is 5.32 Å². The normalized spacial score (nSPS) is 11.9. The summed E-state index contributed by atoms with van der Waals surface area (Å²) in [7, 11) is 0. The zero-order chi connectivity index (χ0) is 16.8. The van der Waals surface area contributed by atoms with Gasteiger partial charge in [0.1, 0.15) is 11.4 Å². The molecule has 0 aliphatic carbocycles. The van der Waals surface area contributed by atoms with Gasteiger partial charge in [0.25, 0.3) is 5.91 Å². The van der Waals surface area contributed by atoms with Crippen molar-refractivity contribution in [2.75, 3.05) is 0 Å². The van der Waals surface area contributed by atoms with Crippen molar-refractivity contribution < 1.29 is 4.79 Å². The lowest BCUT2D eigenvalue weighted by atomic mass is 10.1. The Bertz CT molecular complexity index is 783. The fourth-order valence-corrected chi connectivity index (χ4v) is 2.49. The van der Waals surface area contributed by atoms with E-state index in [-0.39, 0.29) is 11.9 Å². The number of aryl methyl sites for hydroxylation is 1. The first-order valence-corrected chi connectivity index (χ1v) is 8.04. The van der Waals surface area contributed by atoms with Crippen LogP contribution in [0.2, 0.25) is 0 Å². The smallest absolute Gasteiger partial charge is 0.269 e. The van der Waals surface area contributed by atoms with Crippen LogP contribution in [0.3, 0.4) is 0 Å². The quantitative estimate of drug-likeness (QED) is 0.732. The zero-order valence-electron chi connectivity index (χ0n) is 13.6. The molecule has 0 fully saturated rings. The molecule has 0 saturated heterocycles. The van der Waals surface area contributed by atoms with Crippen molar-refractivity contribution >= 4 is 5.91 Å². The van der Waals surface area contributed by atoms with Gasteiger partial charge in [-0.05, 0) is 43.5 Å². The number of hydrogen-bond donors (Lipinski definition) is 2. The Kier molecular flexibility index (Phi) is 5.01. The lowest BCUT2D eigenvalue weighted by Gasteiger charge is -2.13. The molecule has 122 valence electrons. The van der Waals surface area contributed by atoms with E-state index in [0.717, 1.165) is 18.5 Å². The summed E-state index contributed by atoms with van der Waals surface area (Å²) < 4.78 is 0. The molecule has 0 aliphatic heterocycles. The van der Waals surface area contributed by atoms with Crippen molar-refractivity contribution in [3.05, 3.63) is 72.1 Å². The van der Waals surface area contributed by atoms with Crippen LogP contribution in [0.25, 0.3) is 11.4 Å². The summed E-state index contributed by atoms with van der Waals surface area (Å²) in [6, 6.07) is 17.7. The molecule has 3 aromatic rings. The molecule has 0 bridgehead atoms. The highest BCUT2D eigenvalue weighted by Gasteiger charge is 2.14. The third kappa shape index (κ3) is 4.07. The van der Waals surface area contributed by atoms with Crippen LogP contribution in [-0.4, -0.2) is 27.1 Å². The number of pyridine rings is 1. The molecular weight excluding hydrogens is 300 g/mol. The lowest BCUT2D eigenvalue weighted by molar-refractivity contribution is 0.0933. The highest BCUT2D eigenvalue weighted by atomic mass is 16.2. The first-order chi connectivity index (χ1) is 11.7. The van der Waals surface area contributed by atoms with E-state index in [0.29, 0.717) is 11.4 Å². The molecule has 0 radical (unpaired) electrons. The van der Waals surface area contributed by atoms with Crippen LogP contribution in [0.1, 0.15) is 29.4 Å². The van der Waals surface area contributed by atoms with Gasteiger partial charge >= 0.3 is 0 Å². The Labute approximate surface area is 141 Å². The number of carbonyl (C=O) groups excluding carboxylic acids is 1. The molecule has 0 unspecified atom stereocenters. The number of H-pyrrole nitrogens is 1. The second-order valence-electron chi connectivity index (χ2n) is 5.78. The number of nitrogens with zero attached hydrogens (tertiary/aromatic N) is 2. The standard InChI is InChI=1S/C19H20N4O/c1-14(10-11-15-7-3-2-4-8-15)21-19(24)18-13-17(22-23-18)16-9-5-6-12-20-16/h2-9,12-14H,10-11H2,1H3,(H,21,24)(H,22,23)/t14-/m0/s1. The molecule has 0 aliphatic rings. The molecule has 1 atom stereocenters. The number of rotatable bonds is 6. The third-order valence-electron chi connectivity index (χ3n) is 3.84. The minimum atomic E-state index is -0.148. The molecule has 0 spiro atoms. The SMILES string of the molecule is C[C@@H](CCc1ccccc1)NC(=O)c1cc(-c2ccccn2)n[nH]1. The van der Waals surface area contributed by atoms with Crippen molar-refractivity contribution in [3.8, 4) is 11.4 Å². The van der Waals surface area contributed by atoms with Gasteiger partial charge in [0.15, 0.2) is 0 Å². The van der Waals surface area contributed by atoms with Crippen LogP contribution in [-0.2, 0) is 6.42 Å². The molecule has 3 rings (SSSR count). The van der Waals surface area contributed by atoms with Gasteiger partial charge in [-0.15, -0.1) is 0 Å². The van der Waals surface area contributed by atoms with Crippen molar-refractivity contribution in [2.45, 2.75) is 25.8 Å². The zero-order valence-corrected chi connectivity index (χ0v) is 13.6. The van der Waals surface area contributed by atoms with Gasteiger partial charge in [-0.2, -0.15) is 5.10 Å². The van der Waals surface area contributed by atoms with Crippen LogP contribution in [0.4, 0.5) is 0 Å². The Balaban J connectivity index is 1.56. The summed E-state index contributed by atoms with van der Waals surface area (Å²) in [5, 5.41) is 9.94. The summed E-state index contributed by atoms with van der Waals surface area (Å²) in [5.74, 6) is -0.148. The summed E-state index contributed by atoms with van der Waals surface area (Å²) in [6.07, 6.45) is 3.52. The largest absolute Gasteiger partial charge is 0.348 e. The average Bonchev–Trinajstić information content (AvgIpc) is 3.12. The van der Waals surface area contributed by atoms with Gasteiger partial charge in [0.2, 0.25) is 0 Å². The number of carbonyl (C=O) groups is 1. The Morgan fingerprint density at radius 1 is 1.12 bits per heavy atom. The number of hydrogen-bond acceptors (Lipinski definition) is 3. The Morgan fingerprint density at radius 3 is 2.67 bits per heavy atom. The van der Waals surface area contributed by atoms with E-state index >= 15 is 0 Å². The fourth-order valence-electron chi connectivity index (χ4n) is 2.49. The van der Waals surface area contributed by atoms with Gasteiger partial charge in [0, 0.05) is 12.2 Å². The predicted molar refractivity (Wildman–Crippen MR) is 93.5 cm³/mol. The van der Waals surface area contributed by atoms with Gasteiger partial charge in [0.05, 0.1) is 5.69 Å². The van der Waals surface area contributed by atoms with E-state index in [1.807, 2.05) is 43.3 Å². The van der Waals surface area contributed by atoms with E-state index < -0.39 is 0 Å². The number of amides is 1. The van der Waals surface area contributed by atoms with Crippen molar-refractivity contribution in [1.29, 1.82) is 0 Å². The number of aromatic nitrogens is 3. The molecule has 1 amide bonds. The Hall–Kier alpha value is -2.95. The minimum absolute atomic E-state index is 0.0827. The van der Waals surface area contributed by atoms with E-state index in [1.54, 1.807) is 12.3 Å². The van der Waals surface area contributed by atoms with Gasteiger partial charge < -0.3 is 5.32 Å². The molecule has 1 aromatic carbocycles. The van der Waals surface area contributed by atoms with E-state index in [1.165, 1.54) is 5.56 Å². The highest BCUT2D eigenvalue weighted by molar-refractivity contribution is 5.93. The van der Waals surface area contributed by atoms with Crippen LogP contribution in [0.15, 0.2) is 60.8 Å². The molecule has 24 heavy (non-hydrogen) atoms. The van der Waals surface area contributed by atoms with Crippen molar-refractivity contribution in [1.82, 2.24) is 20.5 Å². The molecule has 5 nitrogen and oxygen atoms in total. The number of aromatic amines is 1. The van der Waals surface area contributed by atoms with E-state index in [4.69, 9.17) is 0 Å². The van der Waals surface area contributed by atoms with Crippen LogP contribution >= 0.6 is 0 Å². The maximum Gasteiger partial charge on any atom is 0.269 e. The van der Waals surface area contributed by atoms with Crippen LogP contribution in [0, 0.1) is 0 Å². The van der Waals surface area contributed by atoms with Crippen molar-refractivity contribution in [2.24, 2.45) is 0 Å². The molecule has 2 aromatic heterocycles. The van der Waals surface area contributed by atoms with Gasteiger partial charge in [-0.3, -0.25) is 14.9 Å². The number of nitrogens with one attached hydrogen (secondary N) is 2. The van der Waals surface area contributed by atoms with Crippen molar-refractivity contribution in [3.63, 3.8) is 0 Å². The first kappa shape index (κ1) is 15.9. The maximum atomic E-state index is 12.3. The maximum absolute atomic E-state index is 12.3. The molecule has 2 N–H and O–H groups in total. The van der Waals surface area contributed by atoms with Gasteiger partial charge in [-0.1, -0.05) is 36.4 Å². The average molecular weight is 320 g/mol. The van der Waals surface area contributed by atoms with E-state index in [2.05, 4.69) is 32.6 Å². The summed E-state index contributed by atoms with van der Waals surface area (Å²) in [5.41, 5.74) is 3.13. The highest BCUT2D eigenvalue weighted by Crippen LogP contribution is 2.14. The van der Waals surface area contributed by atoms with E-state index in [9.17, 15) is 4.79 Å². The van der Waals surface area contributed by atoms with Gasteiger partial charge in [-0.25, -0.2) is 0 Å². The molecule has 5 heteroatoms. The molecule has 2 heterocycles. The summed E-state index contributed by atoms with van der Waals surface area (Å²) >= 11 is 0.